The molecular weight excluding hydrogens is 314 g/mol. The van der Waals surface area contributed by atoms with Gasteiger partial charge in [-0.1, -0.05) is 6.07 Å². The van der Waals surface area contributed by atoms with Gasteiger partial charge in [0.15, 0.2) is 0 Å². The van der Waals surface area contributed by atoms with Gasteiger partial charge in [-0.2, -0.15) is 0 Å². The molecule has 0 aliphatic carbocycles. The predicted molar refractivity (Wildman–Crippen MR) is 96.1 cm³/mol. The van der Waals surface area contributed by atoms with Crippen molar-refractivity contribution >= 4 is 5.65 Å². The van der Waals surface area contributed by atoms with E-state index in [4.69, 9.17) is 0 Å². The number of aryl methyl sites for hydroxylation is 2. The summed E-state index contributed by atoms with van der Waals surface area (Å²) in [5, 5.41) is 10.7. The lowest BCUT2D eigenvalue weighted by Crippen LogP contribution is -2.38. The molecule has 0 bridgehead atoms. The van der Waals surface area contributed by atoms with Gasteiger partial charge in [0, 0.05) is 44.6 Å². The van der Waals surface area contributed by atoms with Gasteiger partial charge in [-0.05, 0) is 37.9 Å². The fourth-order valence-electron chi connectivity index (χ4n) is 3.91. The highest BCUT2D eigenvalue weighted by Gasteiger charge is 2.29. The van der Waals surface area contributed by atoms with Crippen LogP contribution in [-0.2, 0) is 13.6 Å². The Kier molecular flexibility index (Phi) is 4.31. The summed E-state index contributed by atoms with van der Waals surface area (Å²) in [5.41, 5.74) is 3.42. The zero-order chi connectivity index (χ0) is 17.4. The van der Waals surface area contributed by atoms with E-state index in [1.165, 1.54) is 11.3 Å². The summed E-state index contributed by atoms with van der Waals surface area (Å²) in [7, 11) is 1.94. The van der Waals surface area contributed by atoms with Crippen LogP contribution in [0.3, 0.4) is 0 Å². The summed E-state index contributed by atoms with van der Waals surface area (Å²) in [6.45, 7) is 4.89. The maximum atomic E-state index is 10.7. The van der Waals surface area contributed by atoms with E-state index in [9.17, 15) is 5.11 Å². The van der Waals surface area contributed by atoms with Gasteiger partial charge in [0.1, 0.15) is 17.6 Å². The summed E-state index contributed by atoms with van der Waals surface area (Å²) < 4.78 is 4.09. The zero-order valence-corrected chi connectivity index (χ0v) is 14.8. The monoisotopic (exact) mass is 339 g/mol. The van der Waals surface area contributed by atoms with Gasteiger partial charge in [0.2, 0.25) is 0 Å². The molecule has 1 fully saturated rings. The highest BCUT2D eigenvalue weighted by Crippen LogP contribution is 2.29. The molecule has 3 aromatic heterocycles. The van der Waals surface area contributed by atoms with Gasteiger partial charge in [0.25, 0.3) is 0 Å². The van der Waals surface area contributed by atoms with E-state index in [0.717, 1.165) is 43.9 Å². The van der Waals surface area contributed by atoms with Crippen molar-refractivity contribution in [2.45, 2.75) is 32.4 Å². The van der Waals surface area contributed by atoms with Crippen LogP contribution in [0.1, 0.15) is 36.0 Å². The second-order valence-corrected chi connectivity index (χ2v) is 7.11. The Labute approximate surface area is 147 Å². The Bertz CT molecular complexity index is 868. The largest absolute Gasteiger partial charge is 0.385 e. The number of hydrogen-bond donors (Lipinski definition) is 1. The Morgan fingerprint density at radius 3 is 3.00 bits per heavy atom. The van der Waals surface area contributed by atoms with Crippen LogP contribution in [0, 0.1) is 12.8 Å². The summed E-state index contributed by atoms with van der Waals surface area (Å²) in [4.78, 5) is 11.3. The smallest absolute Gasteiger partial charge is 0.139 e. The molecule has 132 valence electrons. The molecule has 0 amide bonds. The molecule has 0 saturated carbocycles. The van der Waals surface area contributed by atoms with Crippen molar-refractivity contribution in [3.63, 3.8) is 0 Å². The minimum Gasteiger partial charge on any atom is -0.385 e. The second-order valence-electron chi connectivity index (χ2n) is 7.11. The van der Waals surface area contributed by atoms with Crippen molar-refractivity contribution in [3.8, 4) is 0 Å². The molecule has 0 aromatic carbocycles. The number of nitrogens with zero attached hydrogens (tertiary/aromatic N) is 5. The predicted octanol–water partition coefficient (Wildman–Crippen LogP) is 2.32. The zero-order valence-electron chi connectivity index (χ0n) is 14.8. The number of rotatable bonds is 4. The number of aromatic nitrogens is 4. The fourth-order valence-corrected chi connectivity index (χ4v) is 3.91. The third-order valence-electron chi connectivity index (χ3n) is 5.30. The Hall–Kier alpha value is -2.18. The molecule has 1 saturated heterocycles. The number of aliphatic hydroxyl groups excluding tert-OH is 1. The van der Waals surface area contributed by atoms with Crippen molar-refractivity contribution in [2.75, 3.05) is 13.1 Å². The van der Waals surface area contributed by atoms with Crippen LogP contribution >= 0.6 is 0 Å². The minimum atomic E-state index is -0.507. The molecule has 6 heteroatoms. The molecule has 1 aliphatic heterocycles. The SMILES string of the molecule is Cc1cccn2c(CN3CCCC(C(O)c4nccn4C)C3)cnc12. The summed E-state index contributed by atoms with van der Waals surface area (Å²) in [6.07, 6.45) is 9.32. The number of aliphatic hydroxyl groups is 1. The molecule has 1 aliphatic rings. The third kappa shape index (κ3) is 3.07. The topological polar surface area (TPSA) is 58.6 Å². The van der Waals surface area contributed by atoms with Crippen LogP contribution in [0.5, 0.6) is 0 Å². The highest BCUT2D eigenvalue weighted by molar-refractivity contribution is 5.48. The van der Waals surface area contributed by atoms with Gasteiger partial charge in [-0.25, -0.2) is 9.97 Å². The number of hydrogen-bond acceptors (Lipinski definition) is 4. The molecule has 3 aromatic rings. The first-order valence-corrected chi connectivity index (χ1v) is 8.92. The van der Waals surface area contributed by atoms with Gasteiger partial charge in [-0.3, -0.25) is 4.90 Å². The summed E-state index contributed by atoms with van der Waals surface area (Å²) >= 11 is 0. The normalized spacial score (nSPS) is 20.2. The van der Waals surface area contributed by atoms with Crippen LogP contribution in [0.2, 0.25) is 0 Å². The van der Waals surface area contributed by atoms with E-state index >= 15 is 0 Å². The van der Waals surface area contributed by atoms with Crippen LogP contribution in [-0.4, -0.2) is 42.0 Å². The van der Waals surface area contributed by atoms with Gasteiger partial charge >= 0.3 is 0 Å². The average molecular weight is 339 g/mol. The Morgan fingerprint density at radius 2 is 2.20 bits per heavy atom. The number of likely N-dealkylation sites (tertiary alicyclic amines) is 1. The van der Waals surface area contributed by atoms with E-state index < -0.39 is 6.10 Å². The average Bonchev–Trinajstić information content (AvgIpc) is 3.22. The maximum Gasteiger partial charge on any atom is 0.139 e. The minimum absolute atomic E-state index is 0.218. The summed E-state index contributed by atoms with van der Waals surface area (Å²) in [5.74, 6) is 0.980. The van der Waals surface area contributed by atoms with Crippen LogP contribution < -0.4 is 0 Å². The first-order valence-electron chi connectivity index (χ1n) is 8.92. The lowest BCUT2D eigenvalue weighted by Gasteiger charge is -2.34. The number of fused-ring (bicyclic) bond motifs is 1. The lowest BCUT2D eigenvalue weighted by molar-refractivity contribution is 0.0400. The van der Waals surface area contributed by atoms with Crippen LogP contribution in [0.15, 0.2) is 36.9 Å². The fraction of sp³-hybridized carbons (Fsp3) is 0.474. The van der Waals surface area contributed by atoms with Crippen molar-refractivity contribution in [3.05, 3.63) is 54.0 Å². The number of imidazole rings is 2. The van der Waals surface area contributed by atoms with Crippen molar-refractivity contribution in [2.24, 2.45) is 13.0 Å². The summed E-state index contributed by atoms with van der Waals surface area (Å²) in [6, 6.07) is 4.16. The molecular formula is C19H25N5O. The van der Waals surface area contributed by atoms with Gasteiger partial charge in [0.05, 0.1) is 11.9 Å². The van der Waals surface area contributed by atoms with Gasteiger partial charge < -0.3 is 14.1 Å². The molecule has 4 rings (SSSR count). The first-order chi connectivity index (χ1) is 12.1. The first kappa shape index (κ1) is 16.3. The molecule has 4 heterocycles. The molecule has 0 radical (unpaired) electrons. The molecule has 2 atom stereocenters. The Morgan fingerprint density at radius 1 is 1.32 bits per heavy atom. The second kappa shape index (κ2) is 6.61. The van der Waals surface area contributed by atoms with E-state index in [1.807, 2.05) is 24.0 Å². The highest BCUT2D eigenvalue weighted by atomic mass is 16.3. The molecule has 0 spiro atoms. The molecule has 1 N–H and O–H groups in total. The van der Waals surface area contributed by atoms with E-state index in [0.29, 0.717) is 0 Å². The number of piperidine rings is 1. The van der Waals surface area contributed by atoms with E-state index in [1.54, 1.807) is 6.20 Å². The quantitative estimate of drug-likeness (QED) is 0.792. The standard InChI is InChI=1S/C19H25N5O/c1-14-5-3-9-24-16(11-21-18(14)24)13-23-8-4-6-15(12-23)17(25)19-20-7-10-22(19)2/h3,5,7,9-11,15,17,25H,4,6,8,12-13H2,1-2H3. The maximum absolute atomic E-state index is 10.7. The third-order valence-corrected chi connectivity index (χ3v) is 5.30. The molecule has 2 unspecified atom stereocenters. The lowest BCUT2D eigenvalue weighted by atomic mass is 9.92. The van der Waals surface area contributed by atoms with Crippen molar-refractivity contribution < 1.29 is 5.11 Å². The van der Waals surface area contributed by atoms with E-state index in [2.05, 4.69) is 44.5 Å². The Balaban J connectivity index is 1.49. The van der Waals surface area contributed by atoms with Crippen LogP contribution in [0.25, 0.3) is 5.65 Å². The molecule has 6 nitrogen and oxygen atoms in total. The van der Waals surface area contributed by atoms with Crippen molar-refractivity contribution in [1.29, 1.82) is 0 Å². The number of pyridine rings is 1. The van der Waals surface area contributed by atoms with Crippen LogP contribution in [0.4, 0.5) is 0 Å². The molecule has 25 heavy (non-hydrogen) atoms. The van der Waals surface area contributed by atoms with Gasteiger partial charge in [-0.15, -0.1) is 0 Å². The van der Waals surface area contributed by atoms with Crippen molar-refractivity contribution in [1.82, 2.24) is 23.8 Å². The van der Waals surface area contributed by atoms with E-state index in [-0.39, 0.29) is 5.92 Å².